The molecule has 1 aromatic heterocycles. The molecule has 1 fully saturated rings. The molecule has 0 saturated carbocycles. The van der Waals surface area contributed by atoms with Crippen LogP contribution in [0.25, 0.3) is 0 Å². The van der Waals surface area contributed by atoms with E-state index in [9.17, 15) is 13.2 Å². The Morgan fingerprint density at radius 1 is 1.37 bits per heavy atom. The smallest absolute Gasteiger partial charge is 0.332 e. The fourth-order valence-corrected chi connectivity index (χ4v) is 3.40. The highest BCUT2D eigenvalue weighted by atomic mass is 19.4. The Morgan fingerprint density at radius 3 is 2.63 bits per heavy atom. The SMILES string of the molecule is CCC1(N)N=C(Nc2cn(C3CCN(C)CC3)nc2C)NC=C1C(F)(F)F. The van der Waals surface area contributed by atoms with Crippen molar-refractivity contribution >= 4 is 11.6 Å². The zero-order chi connectivity index (χ0) is 19.8. The van der Waals surface area contributed by atoms with E-state index in [4.69, 9.17) is 5.73 Å². The van der Waals surface area contributed by atoms with Crippen LogP contribution < -0.4 is 16.4 Å². The predicted octanol–water partition coefficient (Wildman–Crippen LogP) is 2.34. The third kappa shape index (κ3) is 4.11. The van der Waals surface area contributed by atoms with E-state index in [1.54, 1.807) is 6.92 Å². The van der Waals surface area contributed by atoms with Crippen molar-refractivity contribution in [1.82, 2.24) is 20.0 Å². The Kier molecular flexibility index (Phi) is 5.22. The number of aromatic nitrogens is 2. The van der Waals surface area contributed by atoms with Gasteiger partial charge in [-0.3, -0.25) is 4.68 Å². The zero-order valence-corrected chi connectivity index (χ0v) is 15.8. The van der Waals surface area contributed by atoms with E-state index in [1.165, 1.54) is 0 Å². The second-order valence-electron chi connectivity index (χ2n) is 7.21. The lowest BCUT2D eigenvalue weighted by molar-refractivity contribution is -0.101. The Labute approximate surface area is 156 Å². The number of hydrogen-bond acceptors (Lipinski definition) is 6. The molecule has 0 amide bonds. The largest absolute Gasteiger partial charge is 0.417 e. The van der Waals surface area contributed by atoms with Crippen LogP contribution in [0.1, 0.15) is 37.9 Å². The van der Waals surface area contributed by atoms with Crippen LogP contribution in [0.5, 0.6) is 0 Å². The first-order chi connectivity index (χ1) is 12.6. The lowest BCUT2D eigenvalue weighted by Gasteiger charge is -2.32. The van der Waals surface area contributed by atoms with Crippen LogP contribution in [0.4, 0.5) is 18.9 Å². The summed E-state index contributed by atoms with van der Waals surface area (Å²) < 4.78 is 41.5. The van der Waals surface area contributed by atoms with Crippen molar-refractivity contribution in [2.75, 3.05) is 25.5 Å². The number of nitrogens with one attached hydrogen (secondary N) is 2. The topological polar surface area (TPSA) is 83.5 Å². The number of alkyl halides is 3. The van der Waals surface area contributed by atoms with Gasteiger partial charge in [0.05, 0.1) is 23.0 Å². The van der Waals surface area contributed by atoms with E-state index in [-0.39, 0.29) is 12.4 Å². The molecule has 2 aliphatic heterocycles. The summed E-state index contributed by atoms with van der Waals surface area (Å²) in [5, 5.41) is 10.2. The highest BCUT2D eigenvalue weighted by Gasteiger charge is 2.47. The highest BCUT2D eigenvalue weighted by Crippen LogP contribution is 2.36. The van der Waals surface area contributed by atoms with Gasteiger partial charge in [0.1, 0.15) is 5.66 Å². The van der Waals surface area contributed by atoms with Crippen molar-refractivity contribution in [1.29, 1.82) is 0 Å². The van der Waals surface area contributed by atoms with Gasteiger partial charge in [-0.1, -0.05) is 6.92 Å². The van der Waals surface area contributed by atoms with Gasteiger partial charge >= 0.3 is 6.18 Å². The molecule has 0 aromatic carbocycles. The summed E-state index contributed by atoms with van der Waals surface area (Å²) in [5.74, 6) is 0.179. The number of nitrogens with zero attached hydrogens (tertiary/aromatic N) is 4. The maximum Gasteiger partial charge on any atom is 0.417 e. The van der Waals surface area contributed by atoms with E-state index in [1.807, 2.05) is 17.8 Å². The van der Waals surface area contributed by atoms with Crippen LogP contribution >= 0.6 is 0 Å². The molecule has 4 N–H and O–H groups in total. The molecule has 3 heterocycles. The fraction of sp³-hybridized carbons (Fsp3) is 0.647. The average Bonchev–Trinajstić information content (AvgIpc) is 2.95. The van der Waals surface area contributed by atoms with Gasteiger partial charge in [0.15, 0.2) is 0 Å². The number of piperidine rings is 1. The van der Waals surface area contributed by atoms with Gasteiger partial charge < -0.3 is 21.3 Å². The molecule has 0 spiro atoms. The van der Waals surface area contributed by atoms with Gasteiger partial charge in [-0.2, -0.15) is 18.3 Å². The van der Waals surface area contributed by atoms with Gasteiger partial charge in [-0.15, -0.1) is 0 Å². The number of anilines is 1. The van der Waals surface area contributed by atoms with Crippen LogP contribution in [-0.2, 0) is 0 Å². The Bertz CT molecular complexity index is 744. The molecule has 0 aliphatic carbocycles. The number of rotatable bonds is 3. The second-order valence-corrected chi connectivity index (χ2v) is 7.21. The molecule has 10 heteroatoms. The second kappa shape index (κ2) is 7.16. The van der Waals surface area contributed by atoms with Crippen LogP contribution in [0, 0.1) is 6.92 Å². The first kappa shape index (κ1) is 19.7. The minimum atomic E-state index is -4.54. The van der Waals surface area contributed by atoms with Gasteiger partial charge in [0.25, 0.3) is 0 Å². The number of nitrogens with two attached hydrogens (primary N) is 1. The summed E-state index contributed by atoms with van der Waals surface area (Å²) >= 11 is 0. The monoisotopic (exact) mass is 385 g/mol. The third-order valence-electron chi connectivity index (χ3n) is 5.21. The van der Waals surface area contributed by atoms with Crippen LogP contribution in [0.2, 0.25) is 0 Å². The number of guanidine groups is 1. The lowest BCUT2D eigenvalue weighted by atomic mass is 9.97. The normalized spacial score (nSPS) is 25.0. The molecule has 1 saturated heterocycles. The highest BCUT2D eigenvalue weighted by molar-refractivity contribution is 5.95. The summed E-state index contributed by atoms with van der Waals surface area (Å²) in [4.78, 5) is 6.37. The molecular weight excluding hydrogens is 359 g/mol. The number of likely N-dealkylation sites (tertiary alicyclic amines) is 1. The van der Waals surface area contributed by atoms with Gasteiger partial charge in [0.2, 0.25) is 5.96 Å². The molecule has 7 nitrogen and oxygen atoms in total. The van der Waals surface area contributed by atoms with E-state index < -0.39 is 17.4 Å². The number of hydrogen-bond donors (Lipinski definition) is 3. The number of aryl methyl sites for hydroxylation is 1. The standard InChI is InChI=1S/C17H26F3N7/c1-4-16(21)14(17(18,19)20)9-22-15(24-16)23-13-10-27(25-11(13)2)12-5-7-26(3)8-6-12/h9-10,12H,4-8,21H2,1-3H3,(H2,22,23,24). The van der Waals surface area contributed by atoms with Crippen molar-refractivity contribution in [3.05, 3.63) is 23.7 Å². The van der Waals surface area contributed by atoms with Crippen LogP contribution in [-0.4, -0.2) is 52.6 Å². The van der Waals surface area contributed by atoms with Crippen molar-refractivity contribution in [3.8, 4) is 0 Å². The summed E-state index contributed by atoms with van der Waals surface area (Å²) in [6.45, 7) is 5.45. The van der Waals surface area contributed by atoms with E-state index >= 15 is 0 Å². The first-order valence-corrected chi connectivity index (χ1v) is 9.07. The average molecular weight is 385 g/mol. The quantitative estimate of drug-likeness (QED) is 0.744. The first-order valence-electron chi connectivity index (χ1n) is 9.07. The fourth-order valence-electron chi connectivity index (χ4n) is 3.40. The summed E-state index contributed by atoms with van der Waals surface area (Å²) in [6.07, 6.45) is 0.268. The van der Waals surface area contributed by atoms with E-state index in [0.29, 0.717) is 11.7 Å². The number of aliphatic imine (C=N–C) groups is 1. The lowest BCUT2D eigenvalue weighted by Crippen LogP contribution is -2.51. The molecule has 3 rings (SSSR count). The van der Waals surface area contributed by atoms with Crippen molar-refractivity contribution in [2.45, 2.75) is 51.0 Å². The summed E-state index contributed by atoms with van der Waals surface area (Å²) in [6, 6.07) is 0.317. The maximum absolute atomic E-state index is 13.2. The molecule has 2 aliphatic rings. The van der Waals surface area contributed by atoms with Crippen LogP contribution in [0.15, 0.2) is 23.0 Å². The maximum atomic E-state index is 13.2. The molecule has 0 bridgehead atoms. The van der Waals surface area contributed by atoms with Crippen LogP contribution in [0.3, 0.4) is 0 Å². The van der Waals surface area contributed by atoms with E-state index in [0.717, 1.165) is 37.8 Å². The summed E-state index contributed by atoms with van der Waals surface area (Å²) in [5.41, 5.74) is 4.67. The van der Waals surface area contributed by atoms with Gasteiger partial charge in [-0.05, 0) is 46.3 Å². The predicted molar refractivity (Wildman–Crippen MR) is 98.3 cm³/mol. The molecule has 150 valence electrons. The van der Waals surface area contributed by atoms with E-state index in [2.05, 4.69) is 32.7 Å². The number of halogens is 3. The van der Waals surface area contributed by atoms with Gasteiger partial charge in [0, 0.05) is 12.4 Å². The van der Waals surface area contributed by atoms with Gasteiger partial charge in [-0.25, -0.2) is 4.99 Å². The molecule has 27 heavy (non-hydrogen) atoms. The minimum Gasteiger partial charge on any atom is -0.332 e. The van der Waals surface area contributed by atoms with Crippen molar-refractivity contribution < 1.29 is 13.2 Å². The summed E-state index contributed by atoms with van der Waals surface area (Å²) in [7, 11) is 2.10. The Balaban J connectivity index is 1.76. The third-order valence-corrected chi connectivity index (χ3v) is 5.21. The molecule has 1 unspecified atom stereocenters. The van der Waals surface area contributed by atoms with Crippen molar-refractivity contribution in [3.63, 3.8) is 0 Å². The molecule has 1 aromatic rings. The Morgan fingerprint density at radius 2 is 2.04 bits per heavy atom. The molecule has 1 atom stereocenters. The minimum absolute atomic E-state index is 0.0268. The van der Waals surface area contributed by atoms with Crippen molar-refractivity contribution in [2.24, 2.45) is 10.7 Å². The Hall–Kier alpha value is -2.07. The molecule has 0 radical (unpaired) electrons. The molecular formula is C17H26F3N7. The zero-order valence-electron chi connectivity index (χ0n) is 15.8.